The highest BCUT2D eigenvalue weighted by molar-refractivity contribution is 6.31. The number of fused-ring (bicyclic) bond motifs is 3. The summed E-state index contributed by atoms with van der Waals surface area (Å²) < 4.78 is 81.9. The molecule has 0 radical (unpaired) electrons. The molecule has 0 fully saturated rings. The summed E-state index contributed by atoms with van der Waals surface area (Å²) >= 11 is 6.17. The largest absolute Gasteiger partial charge is 0.455 e. The van der Waals surface area contributed by atoms with Crippen LogP contribution in [0.3, 0.4) is 0 Å². The van der Waals surface area contributed by atoms with Gasteiger partial charge in [-0.1, -0.05) is 62.7 Å². The number of aromatic nitrogens is 1. The van der Waals surface area contributed by atoms with Crippen molar-refractivity contribution in [3.63, 3.8) is 0 Å². The lowest BCUT2D eigenvalue weighted by atomic mass is 9.86. The molecule has 0 N–H and O–H groups in total. The molecule has 3 aromatic carbocycles. The summed E-state index contributed by atoms with van der Waals surface area (Å²) in [6.45, 7) is -0.390. The van der Waals surface area contributed by atoms with E-state index in [0.29, 0.717) is 27.4 Å². The predicted molar refractivity (Wildman–Crippen MR) is 140 cm³/mol. The predicted octanol–water partition coefficient (Wildman–Crippen LogP) is 9.17. The van der Waals surface area contributed by atoms with E-state index in [1.807, 2.05) is 18.2 Å². The van der Waals surface area contributed by atoms with Crippen molar-refractivity contribution in [2.45, 2.75) is 40.8 Å². The van der Waals surface area contributed by atoms with Crippen LogP contribution in [0.4, 0.5) is 0 Å². The van der Waals surface area contributed by atoms with Crippen LogP contribution in [-0.2, 0) is 6.37 Å². The molecule has 0 aliphatic rings. The van der Waals surface area contributed by atoms with Gasteiger partial charge in [-0.15, -0.1) is 0 Å². The van der Waals surface area contributed by atoms with Crippen LogP contribution >= 0.6 is 11.6 Å². The molecule has 3 heteroatoms. The first-order valence-electron chi connectivity index (χ1n) is 15.1. The van der Waals surface area contributed by atoms with E-state index in [1.165, 1.54) is 24.4 Å². The average Bonchev–Trinajstić information content (AvgIpc) is 3.23. The van der Waals surface area contributed by atoms with Gasteiger partial charge in [-0.2, -0.15) is 0 Å². The third-order valence-electron chi connectivity index (χ3n) is 5.37. The molecule has 33 heavy (non-hydrogen) atoms. The zero-order valence-electron chi connectivity index (χ0n) is 27.5. The third-order valence-corrected chi connectivity index (χ3v) is 5.61. The second-order valence-corrected chi connectivity index (χ2v) is 9.53. The number of furan rings is 1. The Kier molecular flexibility index (Phi) is 3.31. The Morgan fingerprint density at radius 1 is 0.970 bits per heavy atom. The Hall–Kier alpha value is -3.10. The van der Waals surface area contributed by atoms with E-state index in [0.717, 1.165) is 10.8 Å². The highest BCUT2D eigenvalue weighted by Crippen LogP contribution is 2.38. The molecule has 2 nitrogen and oxygen atoms in total. The SMILES string of the molecule is [2H]c1cc(C([2H])([2H])C(C)(C)C)cc(C([2H])([2H])[2H])c1-c1cc(-c2cccc3c2oc2cc(Cl)ccc23)ncc1C([2H])([2H])[2H]. The van der Waals surface area contributed by atoms with Gasteiger partial charge < -0.3 is 4.42 Å². The second kappa shape index (κ2) is 8.04. The fraction of sp³-hybridized carbons (Fsp3) is 0.233. The number of benzene rings is 3. The molecule has 5 rings (SSSR count). The zero-order valence-corrected chi connectivity index (χ0v) is 19.3. The zero-order chi connectivity index (χ0) is 31.0. The number of hydrogen-bond donors (Lipinski definition) is 0. The van der Waals surface area contributed by atoms with Gasteiger partial charge in [-0.3, -0.25) is 4.98 Å². The summed E-state index contributed by atoms with van der Waals surface area (Å²) in [7, 11) is 0. The summed E-state index contributed by atoms with van der Waals surface area (Å²) in [5.41, 5.74) is 0.410. The molecule has 5 aromatic rings. The van der Waals surface area contributed by atoms with Crippen LogP contribution in [0.2, 0.25) is 5.02 Å². The first-order chi connectivity index (χ1) is 19.3. The molecule has 0 aliphatic carbocycles. The van der Waals surface area contributed by atoms with Gasteiger partial charge in [0.25, 0.3) is 0 Å². The molecule has 2 heterocycles. The van der Waals surface area contributed by atoms with Crippen LogP contribution < -0.4 is 0 Å². The molecule has 0 unspecified atom stereocenters. The molecule has 0 bridgehead atoms. The number of hydrogen-bond acceptors (Lipinski definition) is 2. The molecule has 0 atom stereocenters. The van der Waals surface area contributed by atoms with Crippen LogP contribution in [0.15, 0.2) is 71.3 Å². The minimum atomic E-state index is -2.78. The van der Waals surface area contributed by atoms with Gasteiger partial charge in [0.05, 0.1) is 7.06 Å². The van der Waals surface area contributed by atoms with E-state index in [-0.39, 0.29) is 33.9 Å². The van der Waals surface area contributed by atoms with Crippen molar-refractivity contribution in [2.75, 3.05) is 0 Å². The van der Waals surface area contributed by atoms with E-state index in [1.54, 1.807) is 39.0 Å². The number of halogens is 1. The van der Waals surface area contributed by atoms with Gasteiger partial charge in [-0.25, -0.2) is 0 Å². The lowest BCUT2D eigenvalue weighted by Crippen LogP contribution is -2.09. The molecule has 2 aromatic heterocycles. The summed E-state index contributed by atoms with van der Waals surface area (Å²) in [5, 5.41) is 2.13. The molecule has 0 amide bonds. The van der Waals surface area contributed by atoms with Crippen LogP contribution in [-0.4, -0.2) is 4.98 Å². The Balaban J connectivity index is 1.83. The van der Waals surface area contributed by atoms with Crippen molar-refractivity contribution in [3.8, 4) is 22.4 Å². The van der Waals surface area contributed by atoms with Crippen molar-refractivity contribution in [1.82, 2.24) is 4.98 Å². The summed E-state index contributed by atoms with van der Waals surface area (Å²) in [6.07, 6.45) is -0.793. The number of rotatable bonds is 3. The van der Waals surface area contributed by atoms with Gasteiger partial charge in [0, 0.05) is 44.6 Å². The van der Waals surface area contributed by atoms with E-state index in [9.17, 15) is 0 Å². The van der Waals surface area contributed by atoms with E-state index in [2.05, 4.69) is 4.98 Å². The highest BCUT2D eigenvalue weighted by atomic mass is 35.5. The highest BCUT2D eigenvalue weighted by Gasteiger charge is 2.16. The van der Waals surface area contributed by atoms with Crippen molar-refractivity contribution in [1.29, 1.82) is 0 Å². The van der Waals surface area contributed by atoms with E-state index < -0.39 is 25.5 Å². The van der Waals surface area contributed by atoms with Gasteiger partial charge in [0.15, 0.2) is 0 Å². The minimum Gasteiger partial charge on any atom is -0.455 e. The Bertz CT molecular complexity index is 1850. The maximum Gasteiger partial charge on any atom is 0.144 e. The fourth-order valence-corrected chi connectivity index (χ4v) is 4.17. The molecule has 166 valence electrons. The first kappa shape index (κ1) is 13.6. The number of aryl methyl sites for hydroxylation is 2. The van der Waals surface area contributed by atoms with Gasteiger partial charge in [0.2, 0.25) is 0 Å². The lowest BCUT2D eigenvalue weighted by molar-refractivity contribution is 0.411. The Morgan fingerprint density at radius 3 is 2.61 bits per heavy atom. The number of pyridine rings is 1. The van der Waals surface area contributed by atoms with Crippen LogP contribution in [0.5, 0.6) is 0 Å². The fourth-order valence-electron chi connectivity index (χ4n) is 4.01. The Morgan fingerprint density at radius 2 is 1.82 bits per heavy atom. The lowest BCUT2D eigenvalue weighted by Gasteiger charge is -2.19. The van der Waals surface area contributed by atoms with Gasteiger partial charge >= 0.3 is 0 Å². The Labute approximate surface area is 212 Å². The summed E-state index contributed by atoms with van der Waals surface area (Å²) in [6, 6.07) is 14.4. The first-order valence-corrected chi connectivity index (χ1v) is 11.0. The standard InChI is InChI=1S/C30H28ClNO/c1-18-13-20(16-30(3,4)5)9-11-22(18)26-15-27(32-17-19(26)2)25-8-6-7-24-23-12-10-21(31)14-28(23)33-29(24)25/h6-15,17H,16H2,1-5H3/i1D3,2D3,11D,16D2. The van der Waals surface area contributed by atoms with Crippen molar-refractivity contribution < 1.29 is 16.8 Å². The maximum absolute atomic E-state index is 8.90. The molecule has 0 saturated heterocycles. The summed E-state index contributed by atoms with van der Waals surface area (Å²) in [5.74, 6) is 0. The maximum atomic E-state index is 8.90. The average molecular weight is 463 g/mol. The third kappa shape index (κ3) is 4.16. The van der Waals surface area contributed by atoms with Gasteiger partial charge in [-0.05, 0) is 77.6 Å². The normalized spacial score (nSPS) is 17.3. The molecule has 0 spiro atoms. The van der Waals surface area contributed by atoms with E-state index >= 15 is 0 Å². The molecule has 0 saturated carbocycles. The van der Waals surface area contributed by atoms with Crippen molar-refractivity contribution in [2.24, 2.45) is 5.41 Å². The van der Waals surface area contributed by atoms with Crippen LogP contribution in [0.1, 0.15) is 49.8 Å². The quantitative estimate of drug-likeness (QED) is 0.267. The topological polar surface area (TPSA) is 26.0 Å². The monoisotopic (exact) mass is 462 g/mol. The van der Waals surface area contributed by atoms with Crippen LogP contribution in [0, 0.1) is 19.1 Å². The van der Waals surface area contributed by atoms with Gasteiger partial charge in [0.1, 0.15) is 11.2 Å². The molecule has 0 aliphatic heterocycles. The van der Waals surface area contributed by atoms with Crippen molar-refractivity contribution >= 4 is 33.5 Å². The second-order valence-electron chi connectivity index (χ2n) is 9.09. The number of para-hydroxylation sites is 1. The van der Waals surface area contributed by atoms with E-state index in [4.69, 9.17) is 28.4 Å². The molecular weight excluding hydrogens is 426 g/mol. The summed E-state index contributed by atoms with van der Waals surface area (Å²) in [4.78, 5) is 4.44. The van der Waals surface area contributed by atoms with Crippen LogP contribution in [0.25, 0.3) is 44.3 Å². The molecular formula is C30H28ClNO. The smallest absolute Gasteiger partial charge is 0.144 e. The van der Waals surface area contributed by atoms with Crippen molar-refractivity contribution in [3.05, 3.63) is 88.5 Å². The number of nitrogens with zero attached hydrogens (tertiary/aromatic N) is 1. The minimum absolute atomic E-state index is 0.00940.